The topological polar surface area (TPSA) is 38.8 Å². The molecule has 1 aliphatic rings. The highest BCUT2D eigenvalue weighted by atomic mass is 28.4. The normalized spacial score (nSPS) is 19.6. The van der Waals surface area contributed by atoms with E-state index < -0.39 is 13.9 Å². The average Bonchev–Trinajstić information content (AvgIpc) is 3.14. The van der Waals surface area contributed by atoms with Crippen molar-refractivity contribution in [2.24, 2.45) is 0 Å². The monoisotopic (exact) mass is 451 g/mol. The molecule has 1 fully saturated rings. The summed E-state index contributed by atoms with van der Waals surface area (Å²) in [7, 11) is -2.71. The minimum Gasteiger partial charge on any atom is -0.444 e. The summed E-state index contributed by atoms with van der Waals surface area (Å²) in [6.07, 6.45) is 2.13. The molecule has 4 nitrogen and oxygen atoms in total. The van der Waals surface area contributed by atoms with E-state index in [1.807, 2.05) is 39.0 Å². The average molecular weight is 452 g/mol. The van der Waals surface area contributed by atoms with Crippen LogP contribution in [0.25, 0.3) is 0 Å². The molecule has 0 spiro atoms. The number of carbonyl (C=O) groups excluding carboxylic acids is 1. The summed E-state index contributed by atoms with van der Waals surface area (Å²) >= 11 is 0. The van der Waals surface area contributed by atoms with E-state index in [2.05, 4.69) is 75.9 Å². The van der Waals surface area contributed by atoms with Gasteiger partial charge in [-0.25, -0.2) is 4.79 Å². The van der Waals surface area contributed by atoms with E-state index in [1.54, 1.807) is 4.90 Å². The van der Waals surface area contributed by atoms with Crippen LogP contribution in [0.5, 0.6) is 0 Å². The SMILES string of the molecule is C=C[C@@H]1[C@@H](O[Si](c2ccccc2)(c2ccccc2)C(C)(C)C)CCN1C(=O)OC(C)(C)C. The van der Waals surface area contributed by atoms with Crippen LogP contribution >= 0.6 is 0 Å². The fourth-order valence-corrected chi connectivity index (χ4v) is 9.37. The highest BCUT2D eigenvalue weighted by Gasteiger charge is 2.53. The molecule has 1 aliphatic heterocycles. The Bertz CT molecular complexity index is 876. The number of ether oxygens (including phenoxy) is 1. The van der Waals surface area contributed by atoms with Gasteiger partial charge in [-0.2, -0.15) is 0 Å². The van der Waals surface area contributed by atoms with Crippen molar-refractivity contribution in [1.82, 2.24) is 4.90 Å². The molecule has 1 amide bonds. The first kappa shape index (κ1) is 24.3. The minimum absolute atomic E-state index is 0.124. The molecular weight excluding hydrogens is 414 g/mol. The molecule has 2 aromatic carbocycles. The van der Waals surface area contributed by atoms with Crippen LogP contribution in [0.15, 0.2) is 73.3 Å². The molecule has 0 saturated carbocycles. The third kappa shape index (κ3) is 4.84. The molecule has 3 rings (SSSR count). The Morgan fingerprint density at radius 2 is 1.47 bits per heavy atom. The summed E-state index contributed by atoms with van der Waals surface area (Å²) in [6.45, 7) is 17.1. The van der Waals surface area contributed by atoms with Crippen LogP contribution in [0.4, 0.5) is 4.79 Å². The first-order valence-corrected chi connectivity index (χ1v) is 13.3. The zero-order valence-electron chi connectivity index (χ0n) is 20.3. The summed E-state index contributed by atoms with van der Waals surface area (Å²) in [4.78, 5) is 14.7. The van der Waals surface area contributed by atoms with Crippen LogP contribution in [0.3, 0.4) is 0 Å². The lowest BCUT2D eigenvalue weighted by Gasteiger charge is -2.45. The van der Waals surface area contributed by atoms with Crippen molar-refractivity contribution >= 4 is 24.8 Å². The van der Waals surface area contributed by atoms with Crippen molar-refractivity contribution in [3.63, 3.8) is 0 Å². The van der Waals surface area contributed by atoms with Gasteiger partial charge < -0.3 is 9.16 Å². The number of hydrogen-bond acceptors (Lipinski definition) is 3. The highest BCUT2D eigenvalue weighted by Crippen LogP contribution is 2.39. The molecule has 1 saturated heterocycles. The first-order valence-electron chi connectivity index (χ1n) is 11.4. The maximum Gasteiger partial charge on any atom is 0.410 e. The van der Waals surface area contributed by atoms with Gasteiger partial charge in [0.1, 0.15) is 5.60 Å². The Morgan fingerprint density at radius 3 is 1.88 bits per heavy atom. The Labute approximate surface area is 194 Å². The zero-order chi connectivity index (χ0) is 23.6. The summed E-state index contributed by atoms with van der Waals surface area (Å²) in [6, 6.07) is 21.0. The molecule has 0 radical (unpaired) electrons. The molecule has 5 heteroatoms. The smallest absolute Gasteiger partial charge is 0.410 e. The van der Waals surface area contributed by atoms with Crippen LogP contribution < -0.4 is 10.4 Å². The molecule has 0 aliphatic carbocycles. The number of likely N-dealkylation sites (tertiary alicyclic amines) is 1. The molecule has 2 atom stereocenters. The predicted octanol–water partition coefficient (Wildman–Crippen LogP) is 5.13. The number of hydrogen-bond donors (Lipinski definition) is 0. The number of nitrogens with zero attached hydrogens (tertiary/aromatic N) is 1. The van der Waals surface area contributed by atoms with Gasteiger partial charge >= 0.3 is 6.09 Å². The molecule has 2 aromatic rings. The molecular formula is C27H37NO3Si. The largest absolute Gasteiger partial charge is 0.444 e. The standard InChI is InChI=1S/C27H37NO3Si/c1-8-23-24(19-20-28(23)25(29)30-26(2,3)4)31-32(27(5,6)7,21-15-11-9-12-16-21)22-17-13-10-14-18-22/h8-18,23-24H,1,19-20H2,2-7H3/t23-,24+/m1/s1. The lowest BCUT2D eigenvalue weighted by molar-refractivity contribution is 0.0215. The van der Waals surface area contributed by atoms with Crippen LogP contribution in [0, 0.1) is 0 Å². The summed E-state index contributed by atoms with van der Waals surface area (Å²) in [5.74, 6) is 0. The number of amides is 1. The van der Waals surface area contributed by atoms with Gasteiger partial charge in [-0.05, 0) is 42.6 Å². The second-order valence-electron chi connectivity index (χ2n) is 10.5. The minimum atomic E-state index is -2.71. The van der Waals surface area contributed by atoms with Gasteiger partial charge in [-0.3, -0.25) is 4.90 Å². The predicted molar refractivity (Wildman–Crippen MR) is 134 cm³/mol. The molecule has 1 heterocycles. The van der Waals surface area contributed by atoms with Gasteiger partial charge in [0.25, 0.3) is 8.32 Å². The second-order valence-corrected chi connectivity index (χ2v) is 14.8. The molecule has 0 aromatic heterocycles. The third-order valence-electron chi connectivity index (χ3n) is 6.01. The van der Waals surface area contributed by atoms with Crippen molar-refractivity contribution in [3.05, 3.63) is 73.3 Å². The van der Waals surface area contributed by atoms with E-state index in [-0.39, 0.29) is 23.3 Å². The number of benzene rings is 2. The molecule has 0 unspecified atom stereocenters. The molecule has 0 bridgehead atoms. The fraction of sp³-hybridized carbons (Fsp3) is 0.444. The summed E-state index contributed by atoms with van der Waals surface area (Å²) in [5.41, 5.74) is -0.542. The van der Waals surface area contributed by atoms with Crippen molar-refractivity contribution in [3.8, 4) is 0 Å². The van der Waals surface area contributed by atoms with E-state index in [1.165, 1.54) is 10.4 Å². The number of rotatable bonds is 5. The maximum absolute atomic E-state index is 12.9. The van der Waals surface area contributed by atoms with Crippen molar-refractivity contribution in [1.29, 1.82) is 0 Å². The van der Waals surface area contributed by atoms with Gasteiger partial charge in [0.05, 0.1) is 12.1 Å². The van der Waals surface area contributed by atoms with Gasteiger partial charge in [0.2, 0.25) is 0 Å². The Hall–Kier alpha value is -2.37. The van der Waals surface area contributed by atoms with Gasteiger partial charge in [0, 0.05) is 6.54 Å². The maximum atomic E-state index is 12.9. The third-order valence-corrected chi connectivity index (χ3v) is 11.1. The second kappa shape index (κ2) is 9.24. The van der Waals surface area contributed by atoms with Crippen LogP contribution in [-0.4, -0.2) is 43.6 Å². The van der Waals surface area contributed by atoms with Gasteiger partial charge in [0.15, 0.2) is 0 Å². The number of carbonyl (C=O) groups is 1. The van der Waals surface area contributed by atoms with Gasteiger partial charge in [-0.15, -0.1) is 6.58 Å². The Morgan fingerprint density at radius 1 is 0.969 bits per heavy atom. The Balaban J connectivity index is 2.04. The van der Waals surface area contributed by atoms with Crippen molar-refractivity contribution < 1.29 is 14.0 Å². The summed E-state index contributed by atoms with van der Waals surface area (Å²) in [5, 5.41) is 2.34. The van der Waals surface area contributed by atoms with E-state index in [0.717, 1.165) is 6.42 Å². The van der Waals surface area contributed by atoms with Crippen molar-refractivity contribution in [2.45, 2.75) is 70.7 Å². The van der Waals surface area contributed by atoms with E-state index in [9.17, 15) is 4.79 Å². The van der Waals surface area contributed by atoms with E-state index in [4.69, 9.17) is 9.16 Å². The molecule has 172 valence electrons. The fourth-order valence-electron chi connectivity index (χ4n) is 4.65. The highest BCUT2D eigenvalue weighted by molar-refractivity contribution is 6.99. The van der Waals surface area contributed by atoms with Crippen LogP contribution in [-0.2, 0) is 9.16 Å². The van der Waals surface area contributed by atoms with Crippen molar-refractivity contribution in [2.75, 3.05) is 6.54 Å². The summed E-state index contributed by atoms with van der Waals surface area (Å²) < 4.78 is 12.9. The van der Waals surface area contributed by atoms with Gasteiger partial charge in [-0.1, -0.05) is 87.5 Å². The first-order chi connectivity index (χ1) is 15.0. The quantitative estimate of drug-likeness (QED) is 0.467. The lowest BCUT2D eigenvalue weighted by atomic mass is 10.2. The molecule has 0 N–H and O–H groups in total. The van der Waals surface area contributed by atoms with Crippen LogP contribution in [0.2, 0.25) is 5.04 Å². The lowest BCUT2D eigenvalue weighted by Crippen LogP contribution is -2.68. The van der Waals surface area contributed by atoms with E-state index in [0.29, 0.717) is 6.54 Å². The zero-order valence-corrected chi connectivity index (χ0v) is 21.3. The van der Waals surface area contributed by atoms with E-state index >= 15 is 0 Å². The Kier molecular flexibility index (Phi) is 7.01. The molecule has 32 heavy (non-hydrogen) atoms. The van der Waals surface area contributed by atoms with Crippen LogP contribution in [0.1, 0.15) is 48.0 Å².